The average molecular weight is 431 g/mol. The van der Waals surface area contributed by atoms with Crippen LogP contribution in [0.5, 0.6) is 0 Å². The molecule has 0 N–H and O–H groups in total. The van der Waals surface area contributed by atoms with Crippen LogP contribution in [0.2, 0.25) is 5.02 Å². The molecule has 31 heavy (non-hydrogen) atoms. The van der Waals surface area contributed by atoms with E-state index < -0.39 is 0 Å². The Labute approximate surface area is 184 Å². The number of urea groups is 1. The lowest BCUT2D eigenvalue weighted by Gasteiger charge is -2.27. The minimum absolute atomic E-state index is 0.232. The second kappa shape index (κ2) is 8.53. The maximum atomic E-state index is 13.3. The van der Waals surface area contributed by atoms with Gasteiger partial charge in [-0.05, 0) is 36.4 Å². The number of fused-ring (bicyclic) bond motifs is 1. The summed E-state index contributed by atoms with van der Waals surface area (Å²) in [5.41, 5.74) is 2.96. The number of hydrogen-bond donors (Lipinski definition) is 0. The summed E-state index contributed by atoms with van der Waals surface area (Å²) in [7, 11) is 3.29. The molecule has 2 aromatic heterocycles. The summed E-state index contributed by atoms with van der Waals surface area (Å²) in [6.45, 7) is 0. The number of benzene rings is 2. The molecule has 4 rings (SSSR count). The van der Waals surface area contributed by atoms with E-state index in [1.807, 2.05) is 6.07 Å². The van der Waals surface area contributed by atoms with E-state index in [1.54, 1.807) is 81.0 Å². The normalized spacial score (nSPS) is 10.7. The molecule has 0 saturated carbocycles. The number of hydrogen-bond acceptors (Lipinski definition) is 4. The van der Waals surface area contributed by atoms with Crippen LogP contribution in [0.25, 0.3) is 11.0 Å². The maximum absolute atomic E-state index is 13.3. The molecule has 4 aromatic rings. The van der Waals surface area contributed by atoms with Gasteiger partial charge in [0.1, 0.15) is 5.52 Å². The van der Waals surface area contributed by atoms with Gasteiger partial charge in [-0.1, -0.05) is 41.9 Å². The van der Waals surface area contributed by atoms with Gasteiger partial charge in [-0.3, -0.25) is 24.6 Å². The molecular weight excluding hydrogens is 412 g/mol. The second-order valence-electron chi connectivity index (χ2n) is 6.96. The Morgan fingerprint density at radius 2 is 1.55 bits per heavy atom. The van der Waals surface area contributed by atoms with Gasteiger partial charge in [0.05, 0.1) is 16.8 Å². The molecule has 0 spiro atoms. The van der Waals surface area contributed by atoms with Crippen molar-refractivity contribution in [3.05, 3.63) is 95.3 Å². The first-order valence-corrected chi connectivity index (χ1v) is 9.95. The highest BCUT2D eigenvalue weighted by Gasteiger charge is 2.26. The van der Waals surface area contributed by atoms with E-state index in [-0.39, 0.29) is 11.8 Å². The summed E-state index contributed by atoms with van der Waals surface area (Å²) >= 11 is 5.97. The third kappa shape index (κ3) is 3.98. The summed E-state index contributed by atoms with van der Waals surface area (Å²) in [6.07, 6.45) is 3.12. The molecule has 0 atom stereocenters. The van der Waals surface area contributed by atoms with Crippen LogP contribution in [0, 0.1) is 0 Å². The molecule has 0 saturated heterocycles. The Kier molecular flexibility index (Phi) is 5.64. The number of pyridine rings is 2. The van der Waals surface area contributed by atoms with E-state index in [2.05, 4.69) is 9.97 Å². The van der Waals surface area contributed by atoms with Gasteiger partial charge >= 0.3 is 6.03 Å². The van der Waals surface area contributed by atoms with Crippen LogP contribution in [-0.2, 0) is 0 Å². The first kappa shape index (κ1) is 20.5. The van der Waals surface area contributed by atoms with Crippen molar-refractivity contribution in [2.75, 3.05) is 23.9 Å². The molecule has 6 nitrogen and oxygen atoms in total. The fraction of sp³-hybridized carbons (Fsp3) is 0.0833. The summed E-state index contributed by atoms with van der Waals surface area (Å²) in [4.78, 5) is 38.4. The molecule has 0 aliphatic heterocycles. The molecule has 0 fully saturated rings. The van der Waals surface area contributed by atoms with Crippen LogP contribution >= 0.6 is 11.6 Å². The van der Waals surface area contributed by atoms with Crippen molar-refractivity contribution < 1.29 is 9.59 Å². The third-order valence-electron chi connectivity index (χ3n) is 5.00. The van der Waals surface area contributed by atoms with Crippen molar-refractivity contribution in [2.24, 2.45) is 0 Å². The number of halogens is 1. The van der Waals surface area contributed by atoms with Crippen molar-refractivity contribution in [3.8, 4) is 0 Å². The largest absolute Gasteiger partial charge is 0.328 e. The Hall–Kier alpha value is -3.77. The molecular formula is C24H19ClN4O2. The minimum Gasteiger partial charge on any atom is -0.297 e. The fourth-order valence-electron chi connectivity index (χ4n) is 3.35. The molecule has 0 bridgehead atoms. The van der Waals surface area contributed by atoms with Gasteiger partial charge < -0.3 is 0 Å². The number of rotatable bonds is 4. The quantitative estimate of drug-likeness (QED) is 0.417. The molecule has 0 radical (unpaired) electrons. The van der Waals surface area contributed by atoms with Gasteiger partial charge in [0, 0.05) is 42.8 Å². The molecule has 7 heteroatoms. The molecule has 2 aromatic carbocycles. The van der Waals surface area contributed by atoms with Crippen molar-refractivity contribution in [2.45, 2.75) is 0 Å². The summed E-state index contributed by atoms with van der Waals surface area (Å²) in [5, 5.41) is 0.582. The molecule has 0 aliphatic carbocycles. The molecule has 2 amide bonds. The zero-order chi connectivity index (χ0) is 22.0. The van der Waals surface area contributed by atoms with Crippen LogP contribution in [0.1, 0.15) is 15.9 Å². The minimum atomic E-state index is -0.331. The summed E-state index contributed by atoms with van der Waals surface area (Å²) in [5.74, 6) is -0.232. The first-order valence-electron chi connectivity index (χ1n) is 9.58. The lowest BCUT2D eigenvalue weighted by Crippen LogP contribution is -2.39. The average Bonchev–Trinajstić information content (AvgIpc) is 2.82. The van der Waals surface area contributed by atoms with Gasteiger partial charge in [0.2, 0.25) is 0 Å². The number of nitrogens with zero attached hydrogens (tertiary/aromatic N) is 4. The third-order valence-corrected chi connectivity index (χ3v) is 5.25. The molecule has 0 aliphatic rings. The van der Waals surface area contributed by atoms with E-state index >= 15 is 0 Å². The van der Waals surface area contributed by atoms with Crippen molar-refractivity contribution in [3.63, 3.8) is 0 Å². The standard InChI is InChI=1S/C24H19ClN4O2/c1-28(18-12-10-17(25)11-13-18)24(31)29(2)22-19(23(30)16-7-4-3-5-8-16)15-27-20-9-6-14-26-21(20)22/h3-15H,1-2H3. The highest BCUT2D eigenvalue weighted by molar-refractivity contribution is 6.30. The zero-order valence-corrected chi connectivity index (χ0v) is 17.7. The Morgan fingerprint density at radius 3 is 2.26 bits per heavy atom. The Morgan fingerprint density at radius 1 is 0.839 bits per heavy atom. The van der Waals surface area contributed by atoms with Crippen LogP contribution in [0.15, 0.2) is 79.1 Å². The first-order chi connectivity index (χ1) is 15.0. The molecule has 0 unspecified atom stereocenters. The molecule has 2 heterocycles. The van der Waals surface area contributed by atoms with E-state index in [0.29, 0.717) is 38.6 Å². The van der Waals surface area contributed by atoms with Crippen LogP contribution in [-0.4, -0.2) is 35.9 Å². The van der Waals surface area contributed by atoms with Crippen LogP contribution in [0.3, 0.4) is 0 Å². The topological polar surface area (TPSA) is 66.4 Å². The van der Waals surface area contributed by atoms with E-state index in [4.69, 9.17) is 11.6 Å². The number of anilines is 2. The van der Waals surface area contributed by atoms with Crippen LogP contribution in [0.4, 0.5) is 16.2 Å². The Balaban J connectivity index is 1.81. The SMILES string of the molecule is CN(C(=O)N(C)c1c(C(=O)c2ccccc2)cnc2cccnc12)c1ccc(Cl)cc1. The van der Waals surface area contributed by atoms with Gasteiger partial charge in [0.25, 0.3) is 0 Å². The lowest BCUT2D eigenvalue weighted by atomic mass is 10.0. The predicted octanol–water partition coefficient (Wildman–Crippen LogP) is 5.21. The lowest BCUT2D eigenvalue weighted by molar-refractivity contribution is 0.103. The second-order valence-corrected chi connectivity index (χ2v) is 7.40. The number of carbonyl (C=O) groups is 2. The Bertz CT molecular complexity index is 1260. The monoisotopic (exact) mass is 430 g/mol. The van der Waals surface area contributed by atoms with Gasteiger partial charge in [-0.2, -0.15) is 0 Å². The zero-order valence-electron chi connectivity index (χ0n) is 17.0. The maximum Gasteiger partial charge on any atom is 0.328 e. The highest BCUT2D eigenvalue weighted by Crippen LogP contribution is 2.30. The van der Waals surface area contributed by atoms with Gasteiger partial charge in [0.15, 0.2) is 5.78 Å². The van der Waals surface area contributed by atoms with E-state index in [1.165, 1.54) is 16.0 Å². The fourth-order valence-corrected chi connectivity index (χ4v) is 3.48. The number of ketones is 1. The number of carbonyl (C=O) groups excluding carboxylic acids is 2. The van der Waals surface area contributed by atoms with Crippen LogP contribution < -0.4 is 9.80 Å². The van der Waals surface area contributed by atoms with E-state index in [9.17, 15) is 9.59 Å². The smallest absolute Gasteiger partial charge is 0.297 e. The highest BCUT2D eigenvalue weighted by atomic mass is 35.5. The van der Waals surface area contributed by atoms with E-state index in [0.717, 1.165) is 0 Å². The summed E-state index contributed by atoms with van der Waals surface area (Å²) in [6, 6.07) is 19.1. The van der Waals surface area contributed by atoms with Crippen molar-refractivity contribution in [1.82, 2.24) is 9.97 Å². The van der Waals surface area contributed by atoms with Crippen molar-refractivity contribution in [1.29, 1.82) is 0 Å². The van der Waals surface area contributed by atoms with Gasteiger partial charge in [-0.25, -0.2) is 4.79 Å². The number of amides is 2. The number of aromatic nitrogens is 2. The predicted molar refractivity (Wildman–Crippen MR) is 123 cm³/mol. The molecule has 154 valence electrons. The van der Waals surface area contributed by atoms with Gasteiger partial charge in [-0.15, -0.1) is 0 Å². The van der Waals surface area contributed by atoms with Crippen molar-refractivity contribution >= 4 is 45.8 Å². The summed E-state index contributed by atoms with van der Waals surface area (Å²) < 4.78 is 0.